The van der Waals surface area contributed by atoms with Gasteiger partial charge in [-0.25, -0.2) is 4.98 Å². The van der Waals surface area contributed by atoms with E-state index in [9.17, 15) is 4.79 Å². The smallest absolute Gasteiger partial charge is 0.224 e. The number of carbonyl (C=O) groups excluding carboxylic acids is 1. The van der Waals surface area contributed by atoms with Crippen LogP contribution in [-0.2, 0) is 11.3 Å². The Labute approximate surface area is 121 Å². The second-order valence-corrected chi connectivity index (χ2v) is 5.86. The lowest BCUT2D eigenvalue weighted by Crippen LogP contribution is -2.47. The molecule has 1 aromatic rings. The summed E-state index contributed by atoms with van der Waals surface area (Å²) in [7, 11) is 0. The van der Waals surface area contributed by atoms with E-state index in [1.165, 1.54) is 6.42 Å². The predicted octanol–water partition coefficient (Wildman–Crippen LogP) is 1.74. The van der Waals surface area contributed by atoms with E-state index >= 15 is 0 Å². The van der Waals surface area contributed by atoms with Gasteiger partial charge in [-0.05, 0) is 19.3 Å². The van der Waals surface area contributed by atoms with Crippen LogP contribution in [0.25, 0.3) is 0 Å². The monoisotopic (exact) mass is 278 g/mol. The Kier molecular flexibility index (Phi) is 5.17. The number of aryl methyl sites for hydroxylation is 1. The molecular formula is C15H26N4O. The topological polar surface area (TPSA) is 64.2 Å². The van der Waals surface area contributed by atoms with Crippen LogP contribution in [0, 0.1) is 0 Å². The number of hydrogen-bond acceptors (Lipinski definition) is 3. The Morgan fingerprint density at radius 1 is 1.50 bits per heavy atom. The Morgan fingerprint density at radius 2 is 2.30 bits per heavy atom. The summed E-state index contributed by atoms with van der Waals surface area (Å²) in [6.07, 6.45) is 7.63. The maximum atomic E-state index is 12.4. The van der Waals surface area contributed by atoms with E-state index < -0.39 is 0 Å². The molecule has 1 amide bonds. The lowest BCUT2D eigenvalue weighted by molar-refractivity contribution is -0.134. The normalized spacial score (nSPS) is 19.6. The molecule has 1 atom stereocenters. The molecule has 1 aliphatic rings. The van der Waals surface area contributed by atoms with Gasteiger partial charge < -0.3 is 15.2 Å². The lowest BCUT2D eigenvalue weighted by Gasteiger charge is -2.35. The number of rotatable bonds is 5. The van der Waals surface area contributed by atoms with Crippen molar-refractivity contribution in [2.75, 3.05) is 13.1 Å². The summed E-state index contributed by atoms with van der Waals surface area (Å²) in [5.41, 5.74) is 5.78. The summed E-state index contributed by atoms with van der Waals surface area (Å²) in [6, 6.07) is 0.239. The molecule has 0 aromatic carbocycles. The number of carbonyl (C=O) groups is 1. The quantitative estimate of drug-likeness (QED) is 0.892. The lowest BCUT2D eigenvalue weighted by atomic mass is 10.0. The molecular weight excluding hydrogens is 252 g/mol. The van der Waals surface area contributed by atoms with Crippen LogP contribution in [0.3, 0.4) is 0 Å². The van der Waals surface area contributed by atoms with Crippen LogP contribution >= 0.6 is 0 Å². The van der Waals surface area contributed by atoms with Gasteiger partial charge in [0.1, 0.15) is 5.82 Å². The first-order chi connectivity index (χ1) is 9.63. The van der Waals surface area contributed by atoms with Gasteiger partial charge in [0, 0.05) is 50.4 Å². The molecule has 0 radical (unpaired) electrons. The van der Waals surface area contributed by atoms with Gasteiger partial charge in [-0.3, -0.25) is 4.79 Å². The van der Waals surface area contributed by atoms with Crippen LogP contribution in [0.2, 0.25) is 0 Å². The predicted molar refractivity (Wildman–Crippen MR) is 79.3 cm³/mol. The van der Waals surface area contributed by atoms with Crippen molar-refractivity contribution in [3.05, 3.63) is 18.2 Å². The van der Waals surface area contributed by atoms with Crippen LogP contribution in [0.5, 0.6) is 0 Å². The van der Waals surface area contributed by atoms with E-state index in [1.54, 1.807) is 0 Å². The van der Waals surface area contributed by atoms with Gasteiger partial charge in [-0.1, -0.05) is 13.8 Å². The molecule has 0 bridgehead atoms. The molecule has 5 nitrogen and oxygen atoms in total. The Balaban J connectivity index is 1.92. The van der Waals surface area contributed by atoms with Crippen LogP contribution < -0.4 is 5.73 Å². The molecule has 2 N–H and O–H groups in total. The van der Waals surface area contributed by atoms with Gasteiger partial charge in [-0.2, -0.15) is 0 Å². The molecule has 20 heavy (non-hydrogen) atoms. The second-order valence-electron chi connectivity index (χ2n) is 5.86. The summed E-state index contributed by atoms with van der Waals surface area (Å²) in [6.45, 7) is 6.39. The van der Waals surface area contributed by atoms with Gasteiger partial charge in [-0.15, -0.1) is 0 Å². The largest absolute Gasteiger partial charge is 0.338 e. The first-order valence-electron chi connectivity index (χ1n) is 7.64. The summed E-state index contributed by atoms with van der Waals surface area (Å²) in [4.78, 5) is 18.7. The first kappa shape index (κ1) is 15.0. The highest BCUT2D eigenvalue weighted by molar-refractivity contribution is 5.76. The van der Waals surface area contributed by atoms with E-state index in [0.29, 0.717) is 25.4 Å². The average Bonchev–Trinajstić information content (AvgIpc) is 2.93. The molecule has 1 unspecified atom stereocenters. The van der Waals surface area contributed by atoms with Gasteiger partial charge >= 0.3 is 0 Å². The molecule has 0 spiro atoms. The fraction of sp³-hybridized carbons (Fsp3) is 0.733. The maximum Gasteiger partial charge on any atom is 0.224 e. The van der Waals surface area contributed by atoms with Crippen LogP contribution in [0.4, 0.5) is 0 Å². The van der Waals surface area contributed by atoms with Gasteiger partial charge in [0.15, 0.2) is 0 Å². The van der Waals surface area contributed by atoms with Crippen molar-refractivity contribution in [1.82, 2.24) is 14.5 Å². The zero-order chi connectivity index (χ0) is 14.5. The summed E-state index contributed by atoms with van der Waals surface area (Å²) < 4.78 is 2.09. The highest BCUT2D eigenvalue weighted by Gasteiger charge is 2.25. The molecule has 1 saturated heterocycles. The number of aromatic nitrogens is 2. The number of nitrogens with zero attached hydrogens (tertiary/aromatic N) is 3. The van der Waals surface area contributed by atoms with Crippen LogP contribution in [0.15, 0.2) is 12.4 Å². The third-order valence-corrected chi connectivity index (χ3v) is 4.05. The third-order valence-electron chi connectivity index (χ3n) is 4.05. The standard InChI is InChI=1S/C15H26N4O/c1-12(2)15-17-7-10-18(15)9-6-14(20)19-8-4-3-5-13(19)11-16/h7,10,12-13H,3-6,8-9,11,16H2,1-2H3. The number of nitrogens with two attached hydrogens (primary N) is 1. The molecule has 0 aliphatic carbocycles. The molecule has 2 heterocycles. The van der Waals surface area contributed by atoms with Crippen molar-refractivity contribution in [1.29, 1.82) is 0 Å². The molecule has 1 aliphatic heterocycles. The van der Waals surface area contributed by atoms with Gasteiger partial charge in [0.25, 0.3) is 0 Å². The van der Waals surface area contributed by atoms with Gasteiger partial charge in [0.05, 0.1) is 0 Å². The van der Waals surface area contributed by atoms with E-state index in [-0.39, 0.29) is 11.9 Å². The number of likely N-dealkylation sites (tertiary alicyclic amines) is 1. The minimum Gasteiger partial charge on any atom is -0.338 e. The fourth-order valence-corrected chi connectivity index (χ4v) is 2.94. The van der Waals surface area contributed by atoms with Crippen LogP contribution in [0.1, 0.15) is 51.3 Å². The number of amides is 1. The van der Waals surface area contributed by atoms with Crippen LogP contribution in [-0.4, -0.2) is 39.5 Å². The number of piperidine rings is 1. The van der Waals surface area contributed by atoms with E-state index in [2.05, 4.69) is 23.4 Å². The maximum absolute atomic E-state index is 12.4. The van der Waals surface area contributed by atoms with Crippen molar-refractivity contribution in [2.24, 2.45) is 5.73 Å². The minimum absolute atomic E-state index is 0.226. The highest BCUT2D eigenvalue weighted by atomic mass is 16.2. The summed E-state index contributed by atoms with van der Waals surface area (Å²) >= 11 is 0. The molecule has 1 aromatic heterocycles. The average molecular weight is 278 g/mol. The molecule has 2 rings (SSSR count). The Hall–Kier alpha value is -1.36. The minimum atomic E-state index is 0.226. The Morgan fingerprint density at radius 3 is 3.00 bits per heavy atom. The number of hydrogen-bond donors (Lipinski definition) is 1. The molecule has 1 fully saturated rings. The zero-order valence-corrected chi connectivity index (χ0v) is 12.6. The van der Waals surface area contributed by atoms with E-state index in [4.69, 9.17) is 5.73 Å². The van der Waals surface area contributed by atoms with E-state index in [1.807, 2.05) is 17.3 Å². The summed E-state index contributed by atoms with van der Waals surface area (Å²) in [5.74, 6) is 1.65. The van der Waals surface area contributed by atoms with Crippen molar-refractivity contribution in [3.63, 3.8) is 0 Å². The second kappa shape index (κ2) is 6.88. The van der Waals surface area contributed by atoms with Crippen molar-refractivity contribution in [3.8, 4) is 0 Å². The highest BCUT2D eigenvalue weighted by Crippen LogP contribution is 2.18. The van der Waals surface area contributed by atoms with Crippen molar-refractivity contribution in [2.45, 2.75) is 58.0 Å². The number of imidazole rings is 1. The van der Waals surface area contributed by atoms with E-state index in [0.717, 1.165) is 25.2 Å². The molecule has 112 valence electrons. The van der Waals surface area contributed by atoms with Crippen molar-refractivity contribution >= 4 is 5.91 Å². The zero-order valence-electron chi connectivity index (χ0n) is 12.6. The van der Waals surface area contributed by atoms with Gasteiger partial charge in [0.2, 0.25) is 5.91 Å². The SMILES string of the molecule is CC(C)c1nccn1CCC(=O)N1CCCCC1CN. The Bertz CT molecular complexity index is 441. The summed E-state index contributed by atoms with van der Waals surface area (Å²) in [5, 5.41) is 0. The fourth-order valence-electron chi connectivity index (χ4n) is 2.94. The first-order valence-corrected chi connectivity index (χ1v) is 7.64. The molecule has 0 saturated carbocycles. The third kappa shape index (κ3) is 3.39. The molecule has 5 heteroatoms. The van der Waals surface area contributed by atoms with Crippen molar-refractivity contribution < 1.29 is 4.79 Å².